The average molecular weight is 313 g/mol. The van der Waals surface area contributed by atoms with Gasteiger partial charge in [0.05, 0.1) is 11.4 Å². The van der Waals surface area contributed by atoms with E-state index in [9.17, 15) is 0 Å². The monoisotopic (exact) mass is 312 g/mol. The summed E-state index contributed by atoms with van der Waals surface area (Å²) in [5.74, 6) is 1.89. The van der Waals surface area contributed by atoms with Crippen LogP contribution in [0.25, 0.3) is 0 Å². The molecule has 0 unspecified atom stereocenters. The molecule has 0 saturated heterocycles. The number of aromatic nitrogens is 2. The van der Waals surface area contributed by atoms with E-state index in [1.54, 1.807) is 19.7 Å². The lowest BCUT2D eigenvalue weighted by atomic mass is 10.4. The molecular formula is C12H12N2S4. The largest absolute Gasteiger partial charge is 0.260 e. The standard InChI is InChI=1S/C12H12N2S4/c1-3-7-13-11(5-1)9-15-17-18-16-10-12-6-2-4-8-14-12/h1-8H,9-10H2. The van der Waals surface area contributed by atoms with Crippen molar-refractivity contribution >= 4 is 41.2 Å². The second-order valence-corrected chi connectivity index (χ2v) is 9.30. The Hall–Kier alpha value is -0.300. The van der Waals surface area contributed by atoms with Crippen LogP contribution in [-0.2, 0) is 11.5 Å². The molecule has 0 atom stereocenters. The molecule has 0 aliphatic carbocycles. The summed E-state index contributed by atoms with van der Waals surface area (Å²) in [6, 6.07) is 12.0. The topological polar surface area (TPSA) is 25.8 Å². The van der Waals surface area contributed by atoms with Gasteiger partial charge >= 0.3 is 0 Å². The van der Waals surface area contributed by atoms with Gasteiger partial charge in [-0.25, -0.2) is 0 Å². The van der Waals surface area contributed by atoms with E-state index in [1.165, 1.54) is 0 Å². The fourth-order valence-electron chi connectivity index (χ4n) is 1.18. The van der Waals surface area contributed by atoms with Crippen molar-refractivity contribution in [1.82, 2.24) is 9.97 Å². The molecule has 0 bridgehead atoms. The number of nitrogens with zero attached hydrogens (tertiary/aromatic N) is 2. The molecule has 0 fully saturated rings. The first-order chi connectivity index (χ1) is 8.95. The zero-order valence-corrected chi connectivity index (χ0v) is 12.8. The van der Waals surface area contributed by atoms with Gasteiger partial charge in [-0.2, -0.15) is 0 Å². The fourth-order valence-corrected chi connectivity index (χ4v) is 6.88. The molecule has 0 aromatic carbocycles. The Bertz CT molecular complexity index is 395. The van der Waals surface area contributed by atoms with E-state index in [4.69, 9.17) is 0 Å². The SMILES string of the molecule is c1ccc(CSSSSCc2ccccn2)nc1. The van der Waals surface area contributed by atoms with Crippen molar-refractivity contribution < 1.29 is 0 Å². The van der Waals surface area contributed by atoms with E-state index in [1.807, 2.05) is 58.2 Å². The lowest BCUT2D eigenvalue weighted by molar-refractivity contribution is 1.18. The summed E-state index contributed by atoms with van der Waals surface area (Å²) in [5.41, 5.74) is 2.26. The molecule has 2 heterocycles. The molecule has 0 aliphatic heterocycles. The first-order valence-corrected chi connectivity index (χ1v) is 10.5. The molecule has 2 aromatic heterocycles. The lowest BCUT2D eigenvalue weighted by Gasteiger charge is -2.00. The van der Waals surface area contributed by atoms with Gasteiger partial charge in [0.25, 0.3) is 0 Å². The fraction of sp³-hybridized carbons (Fsp3) is 0.167. The molecule has 0 saturated carbocycles. The molecule has 0 radical (unpaired) electrons. The zero-order chi connectivity index (χ0) is 12.5. The Morgan fingerprint density at radius 1 is 0.722 bits per heavy atom. The van der Waals surface area contributed by atoms with E-state index in [0.29, 0.717) is 0 Å². The first-order valence-electron chi connectivity index (χ1n) is 5.33. The van der Waals surface area contributed by atoms with E-state index in [-0.39, 0.29) is 0 Å². The van der Waals surface area contributed by atoms with Gasteiger partial charge in [0.1, 0.15) is 0 Å². The highest BCUT2D eigenvalue weighted by Gasteiger charge is 1.97. The van der Waals surface area contributed by atoms with Gasteiger partial charge in [-0.3, -0.25) is 9.97 Å². The van der Waals surface area contributed by atoms with Crippen LogP contribution in [-0.4, -0.2) is 9.97 Å². The Morgan fingerprint density at radius 2 is 1.22 bits per heavy atom. The van der Waals surface area contributed by atoms with Gasteiger partial charge in [0.15, 0.2) is 0 Å². The minimum atomic E-state index is 0.947. The quantitative estimate of drug-likeness (QED) is 0.535. The second kappa shape index (κ2) is 8.74. The van der Waals surface area contributed by atoms with Crippen molar-refractivity contribution in [1.29, 1.82) is 0 Å². The van der Waals surface area contributed by atoms with Crippen molar-refractivity contribution in [2.75, 3.05) is 0 Å². The van der Waals surface area contributed by atoms with Crippen LogP contribution in [0.1, 0.15) is 11.4 Å². The Morgan fingerprint density at radius 3 is 1.61 bits per heavy atom. The van der Waals surface area contributed by atoms with Crippen molar-refractivity contribution in [3.63, 3.8) is 0 Å². The van der Waals surface area contributed by atoms with Crippen LogP contribution in [0.15, 0.2) is 48.8 Å². The number of hydrogen-bond acceptors (Lipinski definition) is 6. The van der Waals surface area contributed by atoms with Gasteiger partial charge < -0.3 is 0 Å². The summed E-state index contributed by atoms with van der Waals surface area (Å²) in [4.78, 5) is 8.57. The van der Waals surface area contributed by atoms with Crippen molar-refractivity contribution in [3.05, 3.63) is 60.2 Å². The predicted molar refractivity (Wildman–Crippen MR) is 86.2 cm³/mol. The summed E-state index contributed by atoms with van der Waals surface area (Å²) in [6.45, 7) is 0. The molecule has 2 nitrogen and oxygen atoms in total. The third-order valence-corrected chi connectivity index (χ3v) is 8.25. The van der Waals surface area contributed by atoms with E-state index in [2.05, 4.69) is 22.1 Å². The maximum Gasteiger partial charge on any atom is 0.0511 e. The summed E-state index contributed by atoms with van der Waals surface area (Å²) < 4.78 is 0. The van der Waals surface area contributed by atoms with Crippen molar-refractivity contribution in [2.45, 2.75) is 11.5 Å². The molecule has 0 amide bonds. The van der Waals surface area contributed by atoms with Crippen LogP contribution in [0, 0.1) is 0 Å². The highest BCUT2D eigenvalue weighted by atomic mass is 33.7. The van der Waals surface area contributed by atoms with Crippen LogP contribution in [0.3, 0.4) is 0 Å². The lowest BCUT2D eigenvalue weighted by Crippen LogP contribution is -1.82. The van der Waals surface area contributed by atoms with Gasteiger partial charge in [-0.1, -0.05) is 33.7 Å². The zero-order valence-electron chi connectivity index (χ0n) is 9.56. The van der Waals surface area contributed by atoms with E-state index >= 15 is 0 Å². The molecule has 2 aromatic rings. The normalized spacial score (nSPS) is 10.4. The average Bonchev–Trinajstić information content (AvgIpc) is 2.45. The minimum absolute atomic E-state index is 0.947. The molecule has 2 rings (SSSR count). The molecular weight excluding hydrogens is 300 g/mol. The third kappa shape index (κ3) is 5.56. The highest BCUT2D eigenvalue weighted by molar-refractivity contribution is 9.25. The summed E-state index contributed by atoms with van der Waals surface area (Å²) in [5, 5.41) is 0. The first kappa shape index (κ1) is 14.1. The number of hydrogen-bond donors (Lipinski definition) is 0. The Balaban J connectivity index is 1.54. The highest BCUT2D eigenvalue weighted by Crippen LogP contribution is 2.45. The van der Waals surface area contributed by atoms with Gasteiger partial charge in [-0.15, -0.1) is 0 Å². The van der Waals surface area contributed by atoms with Crippen LogP contribution in [0.2, 0.25) is 0 Å². The smallest absolute Gasteiger partial charge is 0.0511 e. The molecule has 0 N–H and O–H groups in total. The number of rotatable bonds is 7. The minimum Gasteiger partial charge on any atom is -0.260 e. The van der Waals surface area contributed by atoms with Crippen molar-refractivity contribution in [3.8, 4) is 0 Å². The molecule has 0 spiro atoms. The van der Waals surface area contributed by atoms with Crippen LogP contribution >= 0.6 is 41.2 Å². The molecule has 94 valence electrons. The Kier molecular flexibility index (Phi) is 6.86. The maximum atomic E-state index is 4.28. The van der Waals surface area contributed by atoms with Gasteiger partial charge in [-0.05, 0) is 43.9 Å². The summed E-state index contributed by atoms with van der Waals surface area (Å²) >= 11 is 0. The van der Waals surface area contributed by atoms with Crippen molar-refractivity contribution in [2.24, 2.45) is 0 Å². The van der Waals surface area contributed by atoms with Crippen LogP contribution in [0.5, 0.6) is 0 Å². The van der Waals surface area contributed by atoms with Gasteiger partial charge in [0, 0.05) is 23.9 Å². The van der Waals surface area contributed by atoms with Crippen LogP contribution < -0.4 is 0 Å². The molecule has 6 heteroatoms. The molecule has 0 aliphatic rings. The summed E-state index contributed by atoms with van der Waals surface area (Å²) in [7, 11) is 7.23. The van der Waals surface area contributed by atoms with E-state index in [0.717, 1.165) is 22.9 Å². The number of pyridine rings is 2. The third-order valence-electron chi connectivity index (χ3n) is 1.99. The van der Waals surface area contributed by atoms with E-state index < -0.39 is 0 Å². The molecule has 18 heavy (non-hydrogen) atoms. The predicted octanol–water partition coefficient (Wildman–Crippen LogP) is 4.85. The maximum absolute atomic E-state index is 4.28. The summed E-state index contributed by atoms with van der Waals surface area (Å²) in [6.07, 6.45) is 3.67. The van der Waals surface area contributed by atoms with Crippen LogP contribution in [0.4, 0.5) is 0 Å². The Labute approximate surface area is 122 Å². The second-order valence-electron chi connectivity index (χ2n) is 3.30. The van der Waals surface area contributed by atoms with Gasteiger partial charge in [0.2, 0.25) is 0 Å².